The second-order valence-electron chi connectivity index (χ2n) is 8.19. The second-order valence-corrected chi connectivity index (χ2v) is 8.19. The van der Waals surface area contributed by atoms with Crippen molar-refractivity contribution in [1.82, 2.24) is 10.3 Å². The van der Waals surface area contributed by atoms with Gasteiger partial charge in [-0.05, 0) is 44.7 Å². The molecule has 1 aromatic rings. The van der Waals surface area contributed by atoms with Gasteiger partial charge in [-0.25, -0.2) is 13.8 Å². The van der Waals surface area contributed by atoms with Crippen LogP contribution in [0.15, 0.2) is 30.0 Å². The highest BCUT2D eigenvalue weighted by Gasteiger charge is 2.39. The van der Waals surface area contributed by atoms with Gasteiger partial charge in [-0.2, -0.15) is 0 Å². The van der Waals surface area contributed by atoms with Gasteiger partial charge in [0, 0.05) is 35.2 Å². The molecule has 1 unspecified atom stereocenters. The molecule has 6 nitrogen and oxygen atoms in total. The van der Waals surface area contributed by atoms with Crippen LogP contribution in [0.25, 0.3) is 0 Å². The number of alkyl halides is 2. The van der Waals surface area contributed by atoms with Crippen LogP contribution in [0, 0.1) is 16.7 Å². The topological polar surface area (TPSA) is 94.9 Å². The molecule has 0 bridgehead atoms. The summed E-state index contributed by atoms with van der Waals surface area (Å²) in [7, 11) is 0. The maximum absolute atomic E-state index is 13.1. The van der Waals surface area contributed by atoms with Gasteiger partial charge in [-0.1, -0.05) is 18.6 Å². The van der Waals surface area contributed by atoms with Crippen molar-refractivity contribution >= 4 is 23.3 Å². The molecule has 29 heavy (non-hydrogen) atoms. The van der Waals surface area contributed by atoms with Crippen LogP contribution in [0.4, 0.5) is 14.6 Å². The third-order valence-corrected chi connectivity index (χ3v) is 5.61. The van der Waals surface area contributed by atoms with Gasteiger partial charge in [0.05, 0.1) is 6.54 Å². The van der Waals surface area contributed by atoms with Crippen LogP contribution in [0.1, 0.15) is 56.3 Å². The number of nitrogens with one attached hydrogen (secondary N) is 3. The average molecular weight is 404 g/mol. The second kappa shape index (κ2) is 8.00. The van der Waals surface area contributed by atoms with Crippen LogP contribution in [0.3, 0.4) is 0 Å². The number of rotatable bonds is 9. The number of carbonyl (C=O) groups is 2. The molecule has 0 spiro atoms. The summed E-state index contributed by atoms with van der Waals surface area (Å²) >= 11 is 0. The molecule has 8 heteroatoms. The van der Waals surface area contributed by atoms with Crippen molar-refractivity contribution in [3.63, 3.8) is 0 Å². The van der Waals surface area contributed by atoms with Crippen molar-refractivity contribution < 1.29 is 18.4 Å². The molecule has 3 N–H and O–H groups in total. The van der Waals surface area contributed by atoms with E-state index in [-0.39, 0.29) is 37.1 Å². The first-order chi connectivity index (χ1) is 13.6. The highest BCUT2D eigenvalue weighted by atomic mass is 19.3. The molecule has 1 atom stereocenters. The van der Waals surface area contributed by atoms with E-state index >= 15 is 0 Å². The van der Waals surface area contributed by atoms with Crippen LogP contribution >= 0.6 is 0 Å². The third kappa shape index (κ3) is 5.25. The van der Waals surface area contributed by atoms with Gasteiger partial charge in [0.1, 0.15) is 5.82 Å². The summed E-state index contributed by atoms with van der Waals surface area (Å²) in [4.78, 5) is 28.3. The Kier molecular flexibility index (Phi) is 5.82. The lowest BCUT2D eigenvalue weighted by molar-refractivity contribution is -0.117. The minimum Gasteiger partial charge on any atom is -0.347 e. The number of hydrogen-bond donors (Lipinski definition) is 3. The van der Waals surface area contributed by atoms with Crippen LogP contribution in [0.2, 0.25) is 0 Å². The minimum atomic E-state index is -2.73. The monoisotopic (exact) mass is 404 g/mol. The normalized spacial score (nSPS) is 21.0. The predicted octanol–water partition coefficient (Wildman–Crippen LogP) is 3.95. The molecule has 1 saturated carbocycles. The first-order valence-electron chi connectivity index (χ1n) is 9.79. The van der Waals surface area contributed by atoms with Crippen molar-refractivity contribution in [3.8, 4) is 0 Å². The number of halogens is 2. The summed E-state index contributed by atoms with van der Waals surface area (Å²) in [6, 6.07) is 3.03. The van der Waals surface area contributed by atoms with Crippen LogP contribution in [-0.4, -0.2) is 35.0 Å². The highest BCUT2D eigenvalue weighted by Crippen LogP contribution is 2.45. The van der Waals surface area contributed by atoms with E-state index in [1.807, 2.05) is 13.0 Å². The Morgan fingerprint density at radius 3 is 2.69 bits per heavy atom. The highest BCUT2D eigenvalue weighted by molar-refractivity contribution is 6.01. The molecule has 1 aromatic heterocycles. The maximum atomic E-state index is 13.1. The van der Waals surface area contributed by atoms with E-state index < -0.39 is 11.3 Å². The first kappa shape index (κ1) is 21.1. The molecular weight excluding hydrogens is 378 g/mol. The molecule has 0 aliphatic heterocycles. The fourth-order valence-corrected chi connectivity index (χ4v) is 3.28. The minimum absolute atomic E-state index is 0.0290. The lowest BCUT2D eigenvalue weighted by Gasteiger charge is -2.40. The summed E-state index contributed by atoms with van der Waals surface area (Å²) in [6.45, 7) is 2.77. The van der Waals surface area contributed by atoms with Crippen LogP contribution < -0.4 is 10.6 Å². The number of hydrogen-bond acceptors (Lipinski definition) is 4. The van der Waals surface area contributed by atoms with Gasteiger partial charge in [0.15, 0.2) is 0 Å². The zero-order valence-corrected chi connectivity index (χ0v) is 16.6. The van der Waals surface area contributed by atoms with Crippen molar-refractivity contribution in [2.45, 2.75) is 51.9 Å². The predicted molar refractivity (Wildman–Crippen MR) is 106 cm³/mol. The number of aromatic nitrogens is 1. The van der Waals surface area contributed by atoms with E-state index in [0.29, 0.717) is 23.5 Å². The summed E-state index contributed by atoms with van der Waals surface area (Å²) in [5.41, 5.74) is 0.866. The number of nitrogens with zero attached hydrogens (tertiary/aromatic N) is 1. The van der Waals surface area contributed by atoms with E-state index in [0.717, 1.165) is 25.3 Å². The van der Waals surface area contributed by atoms with Gasteiger partial charge in [0.25, 0.3) is 5.91 Å². The van der Waals surface area contributed by atoms with Crippen molar-refractivity contribution in [3.05, 3.63) is 35.5 Å². The molecular formula is C21H26F2N4O2. The number of carbonyl (C=O) groups excluding carboxylic acids is 2. The number of pyridine rings is 1. The standard InChI is InChI=1S/C21H26F2N4O2/c1-20(8-5-15(20)6-9-21(2,22)23)16(24)12-26-18(28)14-7-10-25-17(11-14)27-19(29)13-3-4-13/h5,7,10-11,13,24H,3-4,6,8-9,12H2,1-2H3,(H,26,28)(H,25,27,29). The fourth-order valence-electron chi connectivity index (χ4n) is 3.28. The number of anilines is 1. The van der Waals surface area contributed by atoms with E-state index in [1.165, 1.54) is 18.3 Å². The summed E-state index contributed by atoms with van der Waals surface area (Å²) in [6.07, 6.45) is 5.68. The summed E-state index contributed by atoms with van der Waals surface area (Å²) < 4.78 is 26.3. The molecule has 1 fully saturated rings. The lowest BCUT2D eigenvalue weighted by Crippen LogP contribution is -2.42. The largest absolute Gasteiger partial charge is 0.347 e. The number of allylic oxidation sites excluding steroid dienone is 2. The Bertz CT molecular complexity index is 858. The van der Waals surface area contributed by atoms with Gasteiger partial charge in [-0.15, -0.1) is 0 Å². The van der Waals surface area contributed by atoms with E-state index in [9.17, 15) is 18.4 Å². The summed E-state index contributed by atoms with van der Waals surface area (Å²) in [5.74, 6) is -2.85. The van der Waals surface area contributed by atoms with Crippen molar-refractivity contribution in [1.29, 1.82) is 5.41 Å². The quantitative estimate of drug-likeness (QED) is 0.430. The van der Waals surface area contributed by atoms with Gasteiger partial charge >= 0.3 is 0 Å². The summed E-state index contributed by atoms with van der Waals surface area (Å²) in [5, 5.41) is 13.7. The fraction of sp³-hybridized carbons (Fsp3) is 0.524. The first-order valence-corrected chi connectivity index (χ1v) is 9.79. The Labute approximate surface area is 168 Å². The maximum Gasteiger partial charge on any atom is 0.251 e. The molecule has 2 aliphatic rings. The Morgan fingerprint density at radius 2 is 2.10 bits per heavy atom. The Balaban J connectivity index is 1.53. The zero-order valence-electron chi connectivity index (χ0n) is 16.6. The average Bonchev–Trinajstić information content (AvgIpc) is 3.48. The van der Waals surface area contributed by atoms with Gasteiger partial charge < -0.3 is 16.0 Å². The molecule has 3 rings (SSSR count). The molecule has 2 amide bonds. The Hall–Kier alpha value is -2.64. The molecule has 0 aromatic carbocycles. The Morgan fingerprint density at radius 1 is 1.38 bits per heavy atom. The molecule has 0 saturated heterocycles. The molecule has 1 heterocycles. The molecule has 0 radical (unpaired) electrons. The van der Waals surface area contributed by atoms with Gasteiger partial charge in [-0.3, -0.25) is 9.59 Å². The third-order valence-electron chi connectivity index (χ3n) is 5.61. The van der Waals surface area contributed by atoms with Crippen molar-refractivity contribution in [2.75, 3.05) is 11.9 Å². The smallest absolute Gasteiger partial charge is 0.251 e. The number of amides is 2. The zero-order chi connectivity index (χ0) is 21.2. The van der Waals surface area contributed by atoms with E-state index in [1.54, 1.807) is 0 Å². The van der Waals surface area contributed by atoms with Crippen molar-refractivity contribution in [2.24, 2.45) is 11.3 Å². The van der Waals surface area contributed by atoms with E-state index in [2.05, 4.69) is 15.6 Å². The molecule has 2 aliphatic carbocycles. The van der Waals surface area contributed by atoms with Gasteiger partial charge in [0.2, 0.25) is 11.8 Å². The molecule has 156 valence electrons. The lowest BCUT2D eigenvalue weighted by atomic mass is 9.65. The van der Waals surface area contributed by atoms with Crippen LogP contribution in [0.5, 0.6) is 0 Å². The van der Waals surface area contributed by atoms with Crippen LogP contribution in [-0.2, 0) is 4.79 Å². The van der Waals surface area contributed by atoms with E-state index in [4.69, 9.17) is 5.41 Å². The SMILES string of the molecule is CC(F)(F)CCC1=CCC1(C)C(=N)CNC(=O)c1ccnc(NC(=O)C2CC2)c1.